The maximum atomic E-state index is 6.25. The second-order valence-electron chi connectivity index (χ2n) is 4.73. The van der Waals surface area contributed by atoms with Gasteiger partial charge in [0.05, 0.1) is 10.8 Å². The van der Waals surface area contributed by atoms with Crippen LogP contribution in [0.2, 0.25) is 0 Å². The van der Waals surface area contributed by atoms with Crippen molar-refractivity contribution in [3.63, 3.8) is 0 Å². The minimum absolute atomic E-state index is 0.162. The number of hydrogen-bond acceptors (Lipinski definition) is 4. The molecule has 5 nitrogen and oxygen atoms in total. The third-order valence-corrected chi connectivity index (χ3v) is 11.2. The zero-order valence-electron chi connectivity index (χ0n) is 14.2. The third-order valence-electron chi connectivity index (χ3n) is 3.49. The molecule has 0 aliphatic heterocycles. The first-order chi connectivity index (χ1) is 10.9. The fourth-order valence-corrected chi connectivity index (χ4v) is 9.18. The van der Waals surface area contributed by atoms with Gasteiger partial charge in [0, 0.05) is 31.1 Å². The molecule has 0 bridgehead atoms. The van der Waals surface area contributed by atoms with Gasteiger partial charge in [-0.25, -0.2) is 0 Å². The molecule has 0 radical (unpaired) electrons. The van der Waals surface area contributed by atoms with E-state index in [-0.39, 0.29) is 5.11 Å². The molecule has 1 aromatic rings. The van der Waals surface area contributed by atoms with E-state index in [2.05, 4.69) is 59.7 Å². The van der Waals surface area contributed by atoms with E-state index in [4.69, 9.17) is 29.8 Å². The van der Waals surface area contributed by atoms with Crippen LogP contribution in [0.3, 0.4) is 0 Å². The zero-order chi connectivity index (χ0) is 17.5. The van der Waals surface area contributed by atoms with Crippen molar-refractivity contribution in [2.75, 3.05) is 26.2 Å². The van der Waals surface area contributed by atoms with Crippen molar-refractivity contribution in [2.45, 2.75) is 27.7 Å². The van der Waals surface area contributed by atoms with Crippen LogP contribution in [0, 0.1) is 0 Å². The summed E-state index contributed by atoms with van der Waals surface area (Å²) in [6.45, 7) is 12.5. The fraction of sp³-hybridized carbons (Fsp3) is 0.571. The van der Waals surface area contributed by atoms with Gasteiger partial charge < -0.3 is 5.73 Å². The highest BCUT2D eigenvalue weighted by Gasteiger charge is 2.32. The van der Waals surface area contributed by atoms with E-state index >= 15 is 0 Å². The van der Waals surface area contributed by atoms with Gasteiger partial charge in [-0.15, -0.1) is 11.3 Å². The van der Waals surface area contributed by atoms with Crippen LogP contribution in [0.25, 0.3) is 0 Å². The standard InChI is InChI=1S/C14H26N5PS3/c1-5-18(6-2)20(22,19(7-3)8-4)13-10-9-12(23-13)11-16-17-14(15)21/h9-11H,5-8H2,1-4H3,(H3,15,17,21)/b16-11+. The van der Waals surface area contributed by atoms with Crippen molar-refractivity contribution >= 4 is 57.6 Å². The summed E-state index contributed by atoms with van der Waals surface area (Å²) < 4.78 is 6.10. The number of nitrogens with one attached hydrogen (secondary N) is 1. The molecule has 1 rings (SSSR count). The van der Waals surface area contributed by atoms with Crippen molar-refractivity contribution in [3.8, 4) is 0 Å². The first kappa shape index (κ1) is 20.7. The summed E-state index contributed by atoms with van der Waals surface area (Å²) in [5.74, 6) is 0. The van der Waals surface area contributed by atoms with Crippen LogP contribution in [-0.2, 0) is 11.8 Å². The number of rotatable bonds is 9. The van der Waals surface area contributed by atoms with Crippen LogP contribution in [0.1, 0.15) is 32.6 Å². The Balaban J connectivity index is 3.18. The minimum atomic E-state index is -1.94. The van der Waals surface area contributed by atoms with E-state index in [0.717, 1.165) is 31.1 Å². The van der Waals surface area contributed by atoms with Crippen LogP contribution in [-0.4, -0.2) is 46.8 Å². The number of nitrogens with zero attached hydrogens (tertiary/aromatic N) is 3. The van der Waals surface area contributed by atoms with Gasteiger partial charge in [0.15, 0.2) is 5.11 Å². The number of thiocarbonyl (C=S) groups is 1. The van der Waals surface area contributed by atoms with Crippen LogP contribution in [0.4, 0.5) is 0 Å². The largest absolute Gasteiger partial charge is 0.375 e. The highest BCUT2D eigenvalue weighted by Crippen LogP contribution is 2.53. The van der Waals surface area contributed by atoms with Gasteiger partial charge in [0.1, 0.15) is 6.34 Å². The minimum Gasteiger partial charge on any atom is -0.375 e. The molecule has 0 amide bonds. The Morgan fingerprint density at radius 3 is 2.17 bits per heavy atom. The molecule has 3 N–H and O–H groups in total. The van der Waals surface area contributed by atoms with E-state index in [0.29, 0.717) is 0 Å². The molecule has 0 unspecified atom stereocenters. The zero-order valence-corrected chi connectivity index (χ0v) is 17.5. The maximum Gasteiger partial charge on any atom is 0.184 e. The number of hydrazone groups is 1. The molecular formula is C14H26N5PS3. The molecule has 0 atom stereocenters. The normalized spacial score (nSPS) is 12.4. The Hall–Kier alpha value is -0.370. The Morgan fingerprint density at radius 1 is 1.22 bits per heavy atom. The average molecular weight is 392 g/mol. The van der Waals surface area contributed by atoms with Crippen LogP contribution >= 0.6 is 29.9 Å². The SMILES string of the molecule is CCN(CC)P(=S)(c1ccc(/C=N/NC(N)=S)s1)N(CC)CC. The highest BCUT2D eigenvalue weighted by atomic mass is 32.4. The molecular weight excluding hydrogens is 365 g/mol. The van der Waals surface area contributed by atoms with Gasteiger partial charge >= 0.3 is 0 Å². The van der Waals surface area contributed by atoms with E-state index in [1.165, 1.54) is 4.62 Å². The summed E-state index contributed by atoms with van der Waals surface area (Å²) in [6, 6.07) is 4.20. The van der Waals surface area contributed by atoms with Crippen molar-refractivity contribution in [2.24, 2.45) is 10.8 Å². The quantitative estimate of drug-likeness (QED) is 0.292. The van der Waals surface area contributed by atoms with Crippen molar-refractivity contribution < 1.29 is 0 Å². The smallest absolute Gasteiger partial charge is 0.184 e. The second-order valence-corrected chi connectivity index (χ2v) is 10.8. The molecule has 0 saturated carbocycles. The first-order valence-electron chi connectivity index (χ1n) is 7.73. The Morgan fingerprint density at radius 2 is 1.74 bits per heavy atom. The van der Waals surface area contributed by atoms with Crippen LogP contribution < -0.4 is 15.8 Å². The van der Waals surface area contributed by atoms with Gasteiger partial charge in [0.2, 0.25) is 0 Å². The predicted octanol–water partition coefficient (Wildman–Crippen LogP) is 2.53. The van der Waals surface area contributed by atoms with Crippen LogP contribution in [0.5, 0.6) is 0 Å². The molecule has 23 heavy (non-hydrogen) atoms. The summed E-state index contributed by atoms with van der Waals surface area (Å²) in [5.41, 5.74) is 7.95. The lowest BCUT2D eigenvalue weighted by atomic mass is 10.5. The maximum absolute atomic E-state index is 6.25. The molecule has 0 aromatic carbocycles. The molecule has 1 aromatic heterocycles. The van der Waals surface area contributed by atoms with Crippen molar-refractivity contribution in [1.29, 1.82) is 0 Å². The Bertz CT molecular complexity index is 563. The lowest BCUT2D eigenvalue weighted by Crippen LogP contribution is -2.36. The van der Waals surface area contributed by atoms with E-state index < -0.39 is 6.34 Å². The van der Waals surface area contributed by atoms with Gasteiger partial charge in [-0.1, -0.05) is 39.5 Å². The molecule has 130 valence electrons. The summed E-state index contributed by atoms with van der Waals surface area (Å²) in [4.78, 5) is 1.04. The monoisotopic (exact) mass is 391 g/mol. The molecule has 0 aliphatic rings. The van der Waals surface area contributed by atoms with Gasteiger partial charge in [-0.3, -0.25) is 14.8 Å². The topological polar surface area (TPSA) is 56.9 Å². The molecule has 0 fully saturated rings. The fourth-order valence-electron chi connectivity index (χ4n) is 2.40. The summed E-state index contributed by atoms with van der Waals surface area (Å²) in [5, 5.41) is 4.19. The molecule has 1 heterocycles. The number of nitrogens with two attached hydrogens (primary N) is 1. The number of hydrogen-bond donors (Lipinski definition) is 2. The predicted molar refractivity (Wildman–Crippen MR) is 112 cm³/mol. The Labute approximate surface area is 154 Å². The van der Waals surface area contributed by atoms with E-state index in [1.807, 2.05) is 0 Å². The van der Waals surface area contributed by atoms with Gasteiger partial charge in [-0.05, 0) is 24.4 Å². The lowest BCUT2D eigenvalue weighted by Gasteiger charge is -2.40. The Kier molecular flexibility index (Phi) is 8.82. The molecule has 0 aliphatic carbocycles. The van der Waals surface area contributed by atoms with Crippen molar-refractivity contribution in [1.82, 2.24) is 14.8 Å². The summed E-state index contributed by atoms with van der Waals surface area (Å²) >= 11 is 12.7. The van der Waals surface area contributed by atoms with Crippen molar-refractivity contribution in [3.05, 3.63) is 17.0 Å². The van der Waals surface area contributed by atoms with Gasteiger partial charge in [-0.2, -0.15) is 5.10 Å². The average Bonchev–Trinajstić information content (AvgIpc) is 2.98. The second kappa shape index (κ2) is 9.81. The van der Waals surface area contributed by atoms with E-state index in [9.17, 15) is 0 Å². The summed E-state index contributed by atoms with van der Waals surface area (Å²) in [6.07, 6.45) is -0.203. The third kappa shape index (κ3) is 5.05. The number of thiophene rings is 1. The lowest BCUT2D eigenvalue weighted by molar-refractivity contribution is 0.428. The first-order valence-corrected chi connectivity index (χ1v) is 11.7. The summed E-state index contributed by atoms with van der Waals surface area (Å²) in [7, 11) is 0. The van der Waals surface area contributed by atoms with Crippen LogP contribution in [0.15, 0.2) is 17.2 Å². The molecule has 0 spiro atoms. The highest BCUT2D eigenvalue weighted by molar-refractivity contribution is 8.17. The molecule has 9 heteroatoms. The van der Waals surface area contributed by atoms with E-state index in [1.54, 1.807) is 17.6 Å². The van der Waals surface area contributed by atoms with Gasteiger partial charge in [0.25, 0.3) is 0 Å². The molecule has 0 saturated heterocycles.